The summed E-state index contributed by atoms with van der Waals surface area (Å²) in [5, 5.41) is 10.9. The number of carbonyl (C=O) groups excluding carboxylic acids is 1. The highest BCUT2D eigenvalue weighted by Crippen LogP contribution is 2.51. The summed E-state index contributed by atoms with van der Waals surface area (Å²) in [6, 6.07) is 0. The van der Waals surface area contributed by atoms with E-state index < -0.39 is 5.60 Å². The van der Waals surface area contributed by atoms with Crippen molar-refractivity contribution >= 4 is 5.91 Å². The summed E-state index contributed by atoms with van der Waals surface area (Å²) < 4.78 is 0. The van der Waals surface area contributed by atoms with Gasteiger partial charge in [-0.15, -0.1) is 0 Å². The first-order valence-corrected chi connectivity index (χ1v) is 6.98. The second kappa shape index (κ2) is 4.60. The highest BCUT2D eigenvalue weighted by atomic mass is 16.3. The van der Waals surface area contributed by atoms with Crippen LogP contribution in [0.25, 0.3) is 0 Å². The molecule has 0 bridgehead atoms. The molecule has 0 aromatic carbocycles. The minimum Gasteiger partial charge on any atom is -0.389 e. The Balaban J connectivity index is 2.25. The summed E-state index contributed by atoms with van der Waals surface area (Å²) in [4.78, 5) is 11.5. The van der Waals surface area contributed by atoms with Crippen molar-refractivity contribution in [3.8, 4) is 0 Å². The van der Waals surface area contributed by atoms with Crippen molar-refractivity contribution in [3.63, 3.8) is 0 Å². The Kier molecular flexibility index (Phi) is 3.48. The lowest BCUT2D eigenvalue weighted by molar-refractivity contribution is -0.150. The summed E-state index contributed by atoms with van der Waals surface area (Å²) >= 11 is 0. The number of amides is 1. The van der Waals surface area contributed by atoms with Crippen LogP contribution in [0.1, 0.15) is 52.4 Å². The molecule has 3 nitrogen and oxygen atoms in total. The first-order valence-electron chi connectivity index (χ1n) is 6.98. The summed E-state index contributed by atoms with van der Waals surface area (Å²) in [6.45, 7) is 4.19. The molecule has 2 rings (SSSR count). The van der Waals surface area contributed by atoms with E-state index in [0.717, 1.165) is 25.7 Å². The molecule has 0 spiro atoms. The van der Waals surface area contributed by atoms with Crippen LogP contribution in [-0.4, -0.2) is 16.6 Å². The van der Waals surface area contributed by atoms with Gasteiger partial charge >= 0.3 is 0 Å². The van der Waals surface area contributed by atoms with Crippen LogP contribution in [0, 0.1) is 23.7 Å². The van der Waals surface area contributed by atoms with Crippen molar-refractivity contribution in [1.29, 1.82) is 0 Å². The molecule has 0 aromatic heterocycles. The normalized spacial score (nSPS) is 42.2. The third-order valence-electron chi connectivity index (χ3n) is 5.20. The van der Waals surface area contributed by atoms with Gasteiger partial charge in [0.1, 0.15) is 0 Å². The van der Waals surface area contributed by atoms with E-state index >= 15 is 0 Å². The number of rotatable bonds is 2. The summed E-state index contributed by atoms with van der Waals surface area (Å²) in [5.74, 6) is 0.707. The molecule has 1 amide bonds. The zero-order valence-corrected chi connectivity index (χ0v) is 11.0. The molecule has 2 fully saturated rings. The van der Waals surface area contributed by atoms with E-state index in [1.54, 1.807) is 0 Å². The molecule has 0 radical (unpaired) electrons. The van der Waals surface area contributed by atoms with E-state index in [1.807, 2.05) is 0 Å². The number of aliphatic hydroxyl groups is 1. The van der Waals surface area contributed by atoms with Gasteiger partial charge in [0, 0.05) is 5.92 Å². The molecular weight excluding hydrogens is 214 g/mol. The summed E-state index contributed by atoms with van der Waals surface area (Å²) in [6.07, 6.45) is 5.99. The van der Waals surface area contributed by atoms with Crippen molar-refractivity contribution < 1.29 is 9.90 Å². The van der Waals surface area contributed by atoms with Crippen LogP contribution in [-0.2, 0) is 4.79 Å². The Bertz CT molecular complexity index is 303. The molecule has 0 aliphatic heterocycles. The van der Waals surface area contributed by atoms with Gasteiger partial charge < -0.3 is 10.8 Å². The van der Waals surface area contributed by atoms with Crippen LogP contribution < -0.4 is 5.73 Å². The monoisotopic (exact) mass is 239 g/mol. The van der Waals surface area contributed by atoms with Gasteiger partial charge in [0.2, 0.25) is 5.91 Å². The Labute approximate surface area is 104 Å². The molecule has 3 N–H and O–H groups in total. The number of hydrogen-bond donors (Lipinski definition) is 2. The Morgan fingerprint density at radius 2 is 1.94 bits per heavy atom. The summed E-state index contributed by atoms with van der Waals surface area (Å²) in [5.41, 5.74) is 4.95. The van der Waals surface area contributed by atoms with E-state index in [2.05, 4.69) is 13.8 Å². The van der Waals surface area contributed by atoms with E-state index in [9.17, 15) is 9.90 Å². The molecule has 0 heterocycles. The highest BCUT2D eigenvalue weighted by Gasteiger charge is 2.51. The summed E-state index contributed by atoms with van der Waals surface area (Å²) in [7, 11) is 0. The third-order valence-corrected chi connectivity index (χ3v) is 5.20. The van der Waals surface area contributed by atoms with Gasteiger partial charge in [-0.2, -0.15) is 0 Å². The fourth-order valence-corrected chi connectivity index (χ4v) is 4.12. The van der Waals surface area contributed by atoms with Crippen LogP contribution in [0.15, 0.2) is 0 Å². The largest absolute Gasteiger partial charge is 0.389 e. The minimum absolute atomic E-state index is 0.000625. The lowest BCUT2D eigenvalue weighted by Gasteiger charge is -2.52. The van der Waals surface area contributed by atoms with Gasteiger partial charge in [-0.1, -0.05) is 26.7 Å². The fourth-order valence-electron chi connectivity index (χ4n) is 4.12. The molecule has 3 heteroatoms. The number of primary amides is 1. The average molecular weight is 239 g/mol. The maximum absolute atomic E-state index is 11.5. The van der Waals surface area contributed by atoms with Crippen LogP contribution in [0.4, 0.5) is 0 Å². The molecule has 2 aliphatic carbocycles. The lowest BCUT2D eigenvalue weighted by atomic mass is 9.56. The molecule has 4 unspecified atom stereocenters. The molecule has 17 heavy (non-hydrogen) atoms. The second-order valence-electron chi connectivity index (χ2n) is 6.25. The van der Waals surface area contributed by atoms with Crippen LogP contribution >= 0.6 is 0 Å². The fraction of sp³-hybridized carbons (Fsp3) is 0.929. The average Bonchev–Trinajstić information content (AvgIpc) is 2.29. The molecule has 0 saturated heterocycles. The first kappa shape index (κ1) is 12.9. The van der Waals surface area contributed by atoms with Crippen molar-refractivity contribution in [3.05, 3.63) is 0 Å². The molecule has 98 valence electrons. The third kappa shape index (κ3) is 2.10. The quantitative estimate of drug-likeness (QED) is 0.775. The van der Waals surface area contributed by atoms with E-state index in [-0.39, 0.29) is 23.7 Å². The zero-order chi connectivity index (χ0) is 12.6. The standard InChI is InChI=1S/C14H25NO2/c1-9(2)14(17)8-7-11(13(15)16)10-5-3-4-6-12(10)14/h9-12,17H,3-8H2,1-2H3,(H2,15,16). The lowest BCUT2D eigenvalue weighted by Crippen LogP contribution is -2.54. The van der Waals surface area contributed by atoms with Gasteiger partial charge in [-0.3, -0.25) is 4.79 Å². The van der Waals surface area contributed by atoms with Gasteiger partial charge in [0.15, 0.2) is 0 Å². The zero-order valence-electron chi connectivity index (χ0n) is 11.0. The number of carbonyl (C=O) groups is 1. The number of fused-ring (bicyclic) bond motifs is 1. The van der Waals surface area contributed by atoms with Gasteiger partial charge in [0.25, 0.3) is 0 Å². The SMILES string of the molecule is CC(C)C1(O)CCC(C(N)=O)C2CCCCC21. The molecule has 2 aliphatic rings. The molecule has 0 aromatic rings. The Hall–Kier alpha value is -0.570. The molecular formula is C14H25NO2. The van der Waals surface area contributed by atoms with E-state index in [0.29, 0.717) is 5.92 Å². The van der Waals surface area contributed by atoms with Gasteiger partial charge in [-0.05, 0) is 43.4 Å². The smallest absolute Gasteiger partial charge is 0.220 e. The Morgan fingerprint density at radius 3 is 2.53 bits per heavy atom. The maximum atomic E-state index is 11.5. The van der Waals surface area contributed by atoms with Crippen LogP contribution in [0.5, 0.6) is 0 Å². The topological polar surface area (TPSA) is 63.3 Å². The van der Waals surface area contributed by atoms with Crippen LogP contribution in [0.3, 0.4) is 0 Å². The predicted molar refractivity (Wildman–Crippen MR) is 67.2 cm³/mol. The Morgan fingerprint density at radius 1 is 1.29 bits per heavy atom. The van der Waals surface area contributed by atoms with E-state index in [4.69, 9.17) is 5.73 Å². The van der Waals surface area contributed by atoms with Crippen molar-refractivity contribution in [2.24, 2.45) is 29.4 Å². The maximum Gasteiger partial charge on any atom is 0.220 e. The van der Waals surface area contributed by atoms with Gasteiger partial charge in [-0.25, -0.2) is 0 Å². The van der Waals surface area contributed by atoms with Crippen molar-refractivity contribution in [2.45, 2.75) is 58.0 Å². The number of nitrogens with two attached hydrogens (primary N) is 1. The minimum atomic E-state index is -0.572. The van der Waals surface area contributed by atoms with E-state index in [1.165, 1.54) is 12.8 Å². The van der Waals surface area contributed by atoms with Crippen LogP contribution in [0.2, 0.25) is 0 Å². The van der Waals surface area contributed by atoms with Crippen molar-refractivity contribution in [2.75, 3.05) is 0 Å². The van der Waals surface area contributed by atoms with Crippen molar-refractivity contribution in [1.82, 2.24) is 0 Å². The number of hydrogen-bond acceptors (Lipinski definition) is 2. The first-order chi connectivity index (χ1) is 7.97. The second-order valence-corrected chi connectivity index (χ2v) is 6.25. The van der Waals surface area contributed by atoms with Gasteiger partial charge in [0.05, 0.1) is 5.60 Å². The molecule has 4 atom stereocenters. The molecule has 2 saturated carbocycles. The predicted octanol–water partition coefficient (Wildman–Crippen LogP) is 2.08. The highest BCUT2D eigenvalue weighted by molar-refractivity contribution is 5.77.